The first-order valence-corrected chi connectivity index (χ1v) is 11.4. The molecule has 31 heavy (non-hydrogen) atoms. The number of pyridine rings is 1. The fourth-order valence-electron chi connectivity index (χ4n) is 3.44. The Kier molecular flexibility index (Phi) is 6.79. The van der Waals surface area contributed by atoms with E-state index in [1.165, 1.54) is 24.4 Å². The van der Waals surface area contributed by atoms with Gasteiger partial charge in [-0.2, -0.15) is 0 Å². The predicted octanol–water partition coefficient (Wildman–Crippen LogP) is 2.67. The van der Waals surface area contributed by atoms with Gasteiger partial charge in [-0.3, -0.25) is 9.52 Å². The summed E-state index contributed by atoms with van der Waals surface area (Å²) in [5, 5.41) is 9.66. The second-order valence-corrected chi connectivity index (χ2v) is 9.01. The quantitative estimate of drug-likeness (QED) is 0.621. The highest BCUT2D eigenvalue weighted by molar-refractivity contribution is 7.92. The Morgan fingerprint density at radius 1 is 1.23 bits per heavy atom. The SMILES string of the molecule is CCOC(=O)C1CCN(c2ncc(NS(=O)(=O)c3ccc(C)cc3)cc2C(=O)O)CC1. The summed E-state index contributed by atoms with van der Waals surface area (Å²) in [4.78, 5) is 29.8. The molecule has 0 radical (unpaired) electrons. The molecule has 2 heterocycles. The van der Waals surface area contributed by atoms with E-state index in [1.54, 1.807) is 24.0 Å². The van der Waals surface area contributed by atoms with Gasteiger partial charge in [-0.05, 0) is 44.9 Å². The van der Waals surface area contributed by atoms with Crippen LogP contribution in [0.4, 0.5) is 11.5 Å². The lowest BCUT2D eigenvalue weighted by Gasteiger charge is -2.32. The van der Waals surface area contributed by atoms with Gasteiger partial charge >= 0.3 is 11.9 Å². The number of sulfonamides is 1. The van der Waals surface area contributed by atoms with Gasteiger partial charge in [0.05, 0.1) is 29.3 Å². The van der Waals surface area contributed by atoms with Gasteiger partial charge in [-0.25, -0.2) is 18.2 Å². The summed E-state index contributed by atoms with van der Waals surface area (Å²) in [5.41, 5.74) is 0.867. The number of aryl methyl sites for hydroxylation is 1. The van der Waals surface area contributed by atoms with E-state index < -0.39 is 16.0 Å². The molecule has 0 bridgehead atoms. The van der Waals surface area contributed by atoms with Crippen LogP contribution in [0.25, 0.3) is 0 Å². The molecule has 166 valence electrons. The molecule has 1 saturated heterocycles. The first-order valence-electron chi connectivity index (χ1n) is 9.95. The van der Waals surface area contributed by atoms with Gasteiger partial charge in [0, 0.05) is 13.1 Å². The van der Waals surface area contributed by atoms with Crippen molar-refractivity contribution < 1.29 is 27.9 Å². The maximum absolute atomic E-state index is 12.6. The molecular weight excluding hydrogens is 422 g/mol. The van der Waals surface area contributed by atoms with Gasteiger partial charge in [-0.15, -0.1) is 0 Å². The molecule has 0 saturated carbocycles. The molecule has 10 heteroatoms. The molecule has 0 aliphatic carbocycles. The summed E-state index contributed by atoms with van der Waals surface area (Å²) in [5.74, 6) is -1.43. The Balaban J connectivity index is 1.78. The zero-order valence-corrected chi connectivity index (χ0v) is 18.2. The van der Waals surface area contributed by atoms with Crippen molar-refractivity contribution in [3.8, 4) is 0 Å². The van der Waals surface area contributed by atoms with E-state index >= 15 is 0 Å². The highest BCUT2D eigenvalue weighted by atomic mass is 32.2. The molecule has 3 rings (SSSR count). The summed E-state index contributed by atoms with van der Waals surface area (Å²) in [6.07, 6.45) is 2.35. The Morgan fingerprint density at radius 3 is 2.45 bits per heavy atom. The molecule has 1 aromatic heterocycles. The molecule has 1 aliphatic rings. The van der Waals surface area contributed by atoms with Crippen LogP contribution in [0.2, 0.25) is 0 Å². The van der Waals surface area contributed by atoms with Crippen LogP contribution in [0, 0.1) is 12.8 Å². The first kappa shape index (κ1) is 22.5. The number of carboxylic acid groups (broad SMARTS) is 1. The number of aromatic carboxylic acids is 1. The van der Waals surface area contributed by atoms with E-state index in [1.807, 2.05) is 6.92 Å². The second kappa shape index (κ2) is 9.34. The number of nitrogens with zero attached hydrogens (tertiary/aromatic N) is 2. The number of rotatable bonds is 7. The molecule has 1 aliphatic heterocycles. The number of hydrogen-bond donors (Lipinski definition) is 2. The number of nitrogens with one attached hydrogen (secondary N) is 1. The number of hydrogen-bond acceptors (Lipinski definition) is 7. The van der Waals surface area contributed by atoms with Gasteiger partial charge in [0.25, 0.3) is 10.0 Å². The second-order valence-electron chi connectivity index (χ2n) is 7.33. The number of carbonyl (C=O) groups excluding carboxylic acids is 1. The zero-order chi connectivity index (χ0) is 22.6. The van der Waals surface area contributed by atoms with Crippen molar-refractivity contribution in [2.75, 3.05) is 29.3 Å². The highest BCUT2D eigenvalue weighted by Gasteiger charge is 2.29. The van der Waals surface area contributed by atoms with Crippen LogP contribution in [-0.2, 0) is 19.6 Å². The highest BCUT2D eigenvalue weighted by Crippen LogP contribution is 2.28. The predicted molar refractivity (Wildman–Crippen MR) is 115 cm³/mol. The third kappa shape index (κ3) is 5.32. The molecule has 0 spiro atoms. The van der Waals surface area contributed by atoms with Crippen molar-refractivity contribution in [3.63, 3.8) is 0 Å². The van der Waals surface area contributed by atoms with Crippen LogP contribution in [0.5, 0.6) is 0 Å². The summed E-state index contributed by atoms with van der Waals surface area (Å²) in [6.45, 7) is 4.83. The Morgan fingerprint density at radius 2 is 1.87 bits per heavy atom. The maximum Gasteiger partial charge on any atom is 0.339 e. The van der Waals surface area contributed by atoms with Gasteiger partial charge in [-0.1, -0.05) is 17.7 Å². The minimum atomic E-state index is -3.88. The number of benzene rings is 1. The molecule has 1 aromatic carbocycles. The fraction of sp³-hybridized carbons (Fsp3) is 0.381. The van der Waals surface area contributed by atoms with Crippen LogP contribution in [0.15, 0.2) is 41.4 Å². The normalized spacial score (nSPS) is 14.8. The van der Waals surface area contributed by atoms with Crippen molar-refractivity contribution in [2.45, 2.75) is 31.6 Å². The van der Waals surface area contributed by atoms with E-state index in [0.29, 0.717) is 32.5 Å². The van der Waals surface area contributed by atoms with Crippen molar-refractivity contribution in [3.05, 3.63) is 47.7 Å². The average Bonchev–Trinajstić information content (AvgIpc) is 2.74. The monoisotopic (exact) mass is 447 g/mol. The molecule has 0 unspecified atom stereocenters. The zero-order valence-electron chi connectivity index (χ0n) is 17.4. The minimum Gasteiger partial charge on any atom is -0.478 e. The standard InChI is InChI=1S/C21H25N3O6S/c1-3-30-21(27)15-8-10-24(11-9-15)19-18(20(25)26)12-16(13-22-19)23-31(28,29)17-6-4-14(2)5-7-17/h4-7,12-13,15,23H,3,8-11H2,1-2H3,(H,25,26). The van der Waals surface area contributed by atoms with Crippen LogP contribution in [-0.4, -0.2) is 50.1 Å². The van der Waals surface area contributed by atoms with Crippen LogP contribution >= 0.6 is 0 Å². The third-order valence-electron chi connectivity index (χ3n) is 5.09. The molecular formula is C21H25N3O6S. The summed E-state index contributed by atoms with van der Waals surface area (Å²) in [6, 6.07) is 7.57. The number of carbonyl (C=O) groups is 2. The van der Waals surface area contributed by atoms with Crippen molar-refractivity contribution in [1.29, 1.82) is 0 Å². The molecule has 0 atom stereocenters. The van der Waals surface area contributed by atoms with E-state index in [4.69, 9.17) is 4.74 Å². The molecule has 2 N–H and O–H groups in total. The average molecular weight is 448 g/mol. The maximum atomic E-state index is 12.6. The lowest BCUT2D eigenvalue weighted by molar-refractivity contribution is -0.148. The number of piperidine rings is 1. The van der Waals surface area contributed by atoms with E-state index in [-0.39, 0.29) is 33.9 Å². The summed E-state index contributed by atoms with van der Waals surface area (Å²) >= 11 is 0. The fourth-order valence-corrected chi connectivity index (χ4v) is 4.48. The molecule has 9 nitrogen and oxygen atoms in total. The number of carboxylic acids is 1. The van der Waals surface area contributed by atoms with Crippen LogP contribution in [0.3, 0.4) is 0 Å². The van der Waals surface area contributed by atoms with Crippen LogP contribution in [0.1, 0.15) is 35.7 Å². The summed E-state index contributed by atoms with van der Waals surface area (Å²) < 4.78 is 32.6. The number of ether oxygens (including phenoxy) is 1. The smallest absolute Gasteiger partial charge is 0.339 e. The van der Waals surface area contributed by atoms with Crippen LogP contribution < -0.4 is 9.62 Å². The number of aromatic nitrogens is 1. The third-order valence-corrected chi connectivity index (χ3v) is 6.49. The Labute approximate surface area is 181 Å². The Hall–Kier alpha value is -3.14. The lowest BCUT2D eigenvalue weighted by atomic mass is 9.96. The first-order chi connectivity index (χ1) is 14.7. The summed E-state index contributed by atoms with van der Waals surface area (Å²) in [7, 11) is -3.88. The van der Waals surface area contributed by atoms with Crippen molar-refractivity contribution in [1.82, 2.24) is 4.98 Å². The van der Waals surface area contributed by atoms with Gasteiger partial charge in [0.15, 0.2) is 0 Å². The number of esters is 1. The molecule has 1 fully saturated rings. The molecule has 0 amide bonds. The van der Waals surface area contributed by atoms with E-state index in [9.17, 15) is 23.1 Å². The van der Waals surface area contributed by atoms with Gasteiger partial charge < -0.3 is 14.7 Å². The largest absolute Gasteiger partial charge is 0.478 e. The Bertz CT molecular complexity index is 1060. The van der Waals surface area contributed by atoms with Crippen molar-refractivity contribution >= 4 is 33.5 Å². The lowest BCUT2D eigenvalue weighted by Crippen LogP contribution is -2.38. The van der Waals surface area contributed by atoms with E-state index in [2.05, 4.69) is 9.71 Å². The van der Waals surface area contributed by atoms with Crippen molar-refractivity contribution in [2.24, 2.45) is 5.92 Å². The van der Waals surface area contributed by atoms with E-state index in [0.717, 1.165) is 5.56 Å². The van der Waals surface area contributed by atoms with Gasteiger partial charge in [0.1, 0.15) is 11.4 Å². The van der Waals surface area contributed by atoms with Gasteiger partial charge in [0.2, 0.25) is 0 Å². The minimum absolute atomic E-state index is 0.0585. The topological polar surface area (TPSA) is 126 Å². The number of anilines is 2. The molecule has 2 aromatic rings.